The number of hydrogen-bond acceptors (Lipinski definition) is 5. The minimum Gasteiger partial charge on any atom is -0.505 e. The fourth-order valence-electron chi connectivity index (χ4n) is 2.41. The largest absolute Gasteiger partial charge is 0.505 e. The molecule has 8 nitrogen and oxygen atoms in total. The molecule has 0 aliphatic carbocycles. The average Bonchev–Trinajstić information content (AvgIpc) is 2.64. The standard InChI is InChI=1S/C19H15BrN4O4/c1-11(25)21-13-4-6-14(7-5-13)22-19(28)18-16(26)10-17(27)24(23-18)15-8-2-12(20)3-9-15/h2-10,26H,1H3,(H,21,25)(H,22,28). The van der Waals surface area contributed by atoms with Crippen LogP contribution in [0.4, 0.5) is 11.4 Å². The molecular formula is C19H15BrN4O4. The Morgan fingerprint density at radius 3 is 2.14 bits per heavy atom. The summed E-state index contributed by atoms with van der Waals surface area (Å²) in [6.45, 7) is 1.39. The molecule has 0 spiro atoms. The average molecular weight is 443 g/mol. The van der Waals surface area contributed by atoms with Gasteiger partial charge in [-0.15, -0.1) is 0 Å². The lowest BCUT2D eigenvalue weighted by Gasteiger charge is -2.10. The predicted molar refractivity (Wildman–Crippen MR) is 108 cm³/mol. The summed E-state index contributed by atoms with van der Waals surface area (Å²) in [7, 11) is 0. The Hall–Kier alpha value is -3.46. The van der Waals surface area contributed by atoms with E-state index in [4.69, 9.17) is 0 Å². The maximum atomic E-state index is 12.5. The van der Waals surface area contributed by atoms with Crippen molar-refractivity contribution in [3.63, 3.8) is 0 Å². The number of halogens is 1. The Balaban J connectivity index is 1.87. The number of benzene rings is 2. The number of carbonyl (C=O) groups excluding carboxylic acids is 2. The molecule has 0 bridgehead atoms. The first-order valence-electron chi connectivity index (χ1n) is 8.12. The van der Waals surface area contributed by atoms with Crippen LogP contribution in [0, 0.1) is 0 Å². The monoisotopic (exact) mass is 442 g/mol. The predicted octanol–water partition coefficient (Wildman–Crippen LogP) is 2.91. The Kier molecular flexibility index (Phi) is 5.55. The van der Waals surface area contributed by atoms with E-state index in [0.717, 1.165) is 15.2 Å². The topological polar surface area (TPSA) is 113 Å². The molecule has 28 heavy (non-hydrogen) atoms. The second-order valence-corrected chi connectivity index (χ2v) is 6.73. The Morgan fingerprint density at radius 2 is 1.57 bits per heavy atom. The highest BCUT2D eigenvalue weighted by Gasteiger charge is 2.17. The van der Waals surface area contributed by atoms with Gasteiger partial charge in [0.1, 0.15) is 0 Å². The summed E-state index contributed by atoms with van der Waals surface area (Å²) < 4.78 is 1.85. The van der Waals surface area contributed by atoms with Gasteiger partial charge < -0.3 is 15.7 Å². The molecule has 3 rings (SSSR count). The Bertz CT molecular complexity index is 1090. The van der Waals surface area contributed by atoms with Gasteiger partial charge in [-0.2, -0.15) is 9.78 Å². The minimum absolute atomic E-state index is 0.207. The van der Waals surface area contributed by atoms with Crippen LogP contribution in [-0.4, -0.2) is 26.7 Å². The van der Waals surface area contributed by atoms with Crippen molar-refractivity contribution in [1.29, 1.82) is 0 Å². The molecule has 2 amide bonds. The molecule has 0 atom stereocenters. The van der Waals surface area contributed by atoms with Gasteiger partial charge in [-0.25, -0.2) is 0 Å². The second-order valence-electron chi connectivity index (χ2n) is 5.82. The fourth-order valence-corrected chi connectivity index (χ4v) is 2.67. The number of hydrogen-bond donors (Lipinski definition) is 3. The number of carbonyl (C=O) groups is 2. The number of anilines is 2. The van der Waals surface area contributed by atoms with Crippen molar-refractivity contribution < 1.29 is 14.7 Å². The zero-order valence-corrected chi connectivity index (χ0v) is 16.2. The molecule has 9 heteroatoms. The summed E-state index contributed by atoms with van der Waals surface area (Å²) in [5.74, 6) is -1.41. The van der Waals surface area contributed by atoms with E-state index in [0.29, 0.717) is 17.1 Å². The molecule has 0 aliphatic rings. The first kappa shape index (κ1) is 19.3. The molecule has 1 heterocycles. The zero-order valence-electron chi connectivity index (χ0n) is 14.6. The molecule has 1 aromatic heterocycles. The minimum atomic E-state index is -0.685. The molecule has 0 saturated heterocycles. The van der Waals surface area contributed by atoms with Gasteiger partial charge in [-0.3, -0.25) is 14.4 Å². The van der Waals surface area contributed by atoms with Gasteiger partial charge in [0.25, 0.3) is 11.5 Å². The summed E-state index contributed by atoms with van der Waals surface area (Å²) >= 11 is 3.31. The van der Waals surface area contributed by atoms with E-state index >= 15 is 0 Å². The molecule has 0 unspecified atom stereocenters. The molecule has 3 N–H and O–H groups in total. The van der Waals surface area contributed by atoms with Crippen LogP contribution >= 0.6 is 15.9 Å². The van der Waals surface area contributed by atoms with E-state index in [1.165, 1.54) is 6.92 Å². The smallest absolute Gasteiger partial charge is 0.279 e. The molecular weight excluding hydrogens is 428 g/mol. The lowest BCUT2D eigenvalue weighted by Crippen LogP contribution is -2.25. The van der Waals surface area contributed by atoms with Crippen molar-refractivity contribution >= 4 is 39.1 Å². The summed E-state index contributed by atoms with van der Waals surface area (Å²) in [4.78, 5) is 35.7. The fraction of sp³-hybridized carbons (Fsp3) is 0.0526. The normalized spacial score (nSPS) is 10.4. The maximum absolute atomic E-state index is 12.5. The maximum Gasteiger partial charge on any atom is 0.279 e. The quantitative estimate of drug-likeness (QED) is 0.574. The van der Waals surface area contributed by atoms with Crippen LogP contribution in [0.2, 0.25) is 0 Å². The van der Waals surface area contributed by atoms with Crippen molar-refractivity contribution in [2.24, 2.45) is 0 Å². The van der Waals surface area contributed by atoms with Gasteiger partial charge in [0.2, 0.25) is 5.91 Å². The summed E-state index contributed by atoms with van der Waals surface area (Å²) in [6, 6.07) is 14.1. The van der Waals surface area contributed by atoms with Crippen molar-refractivity contribution in [3.05, 3.63) is 75.1 Å². The van der Waals surface area contributed by atoms with Gasteiger partial charge in [0.05, 0.1) is 5.69 Å². The van der Waals surface area contributed by atoms with E-state index < -0.39 is 17.2 Å². The molecule has 142 valence electrons. The lowest BCUT2D eigenvalue weighted by molar-refractivity contribution is -0.114. The lowest BCUT2D eigenvalue weighted by atomic mass is 10.2. The third-order valence-electron chi connectivity index (χ3n) is 3.66. The van der Waals surface area contributed by atoms with Crippen LogP contribution in [0.25, 0.3) is 5.69 Å². The third-order valence-corrected chi connectivity index (χ3v) is 4.19. The summed E-state index contributed by atoms with van der Waals surface area (Å²) in [5.41, 5.74) is 0.586. The van der Waals surface area contributed by atoms with Crippen LogP contribution in [0.1, 0.15) is 17.4 Å². The van der Waals surface area contributed by atoms with E-state index in [1.807, 2.05) is 0 Å². The molecule has 0 aliphatic heterocycles. The molecule has 2 aromatic carbocycles. The van der Waals surface area contributed by atoms with Gasteiger partial charge in [0.15, 0.2) is 11.4 Å². The van der Waals surface area contributed by atoms with Gasteiger partial charge in [-0.05, 0) is 48.5 Å². The molecule has 0 fully saturated rings. The van der Waals surface area contributed by atoms with Crippen LogP contribution in [-0.2, 0) is 4.79 Å². The van der Waals surface area contributed by atoms with Crippen LogP contribution in [0.3, 0.4) is 0 Å². The SMILES string of the molecule is CC(=O)Nc1ccc(NC(=O)c2nn(-c3ccc(Br)cc3)c(=O)cc2O)cc1. The number of nitrogens with zero attached hydrogens (tertiary/aromatic N) is 2. The van der Waals surface area contributed by atoms with Crippen LogP contribution in [0.5, 0.6) is 5.75 Å². The van der Waals surface area contributed by atoms with Crippen LogP contribution in [0.15, 0.2) is 63.9 Å². The number of amides is 2. The number of aromatic hydroxyl groups is 1. The molecule has 0 radical (unpaired) electrons. The van der Waals surface area contributed by atoms with Gasteiger partial charge in [-0.1, -0.05) is 15.9 Å². The second kappa shape index (κ2) is 8.05. The van der Waals surface area contributed by atoms with E-state index in [9.17, 15) is 19.5 Å². The highest BCUT2D eigenvalue weighted by Crippen LogP contribution is 2.18. The first-order valence-corrected chi connectivity index (χ1v) is 8.91. The van der Waals surface area contributed by atoms with Gasteiger partial charge >= 0.3 is 0 Å². The van der Waals surface area contributed by atoms with Crippen molar-refractivity contribution in [2.45, 2.75) is 6.92 Å². The highest BCUT2D eigenvalue weighted by atomic mass is 79.9. The zero-order chi connectivity index (χ0) is 20.3. The van der Waals surface area contributed by atoms with Crippen LogP contribution < -0.4 is 16.2 Å². The molecule has 3 aromatic rings. The number of nitrogens with one attached hydrogen (secondary N) is 2. The highest BCUT2D eigenvalue weighted by molar-refractivity contribution is 9.10. The number of rotatable bonds is 4. The third kappa shape index (κ3) is 4.44. The summed E-state index contributed by atoms with van der Waals surface area (Å²) in [5, 5.41) is 19.2. The van der Waals surface area contributed by atoms with E-state index in [1.54, 1.807) is 48.5 Å². The molecule has 0 saturated carbocycles. The van der Waals surface area contributed by atoms with Crippen molar-refractivity contribution in [3.8, 4) is 11.4 Å². The van der Waals surface area contributed by atoms with Crippen molar-refractivity contribution in [1.82, 2.24) is 9.78 Å². The van der Waals surface area contributed by atoms with Gasteiger partial charge in [0, 0.05) is 28.8 Å². The van der Waals surface area contributed by atoms with E-state index in [2.05, 4.69) is 31.7 Å². The summed E-state index contributed by atoms with van der Waals surface area (Å²) in [6.07, 6.45) is 0. The van der Waals surface area contributed by atoms with Crippen molar-refractivity contribution in [2.75, 3.05) is 10.6 Å². The van der Waals surface area contributed by atoms with E-state index in [-0.39, 0.29) is 11.6 Å². The number of aromatic nitrogens is 2. The Morgan fingerprint density at radius 1 is 1.00 bits per heavy atom. The Labute approximate surface area is 168 Å². The first-order chi connectivity index (χ1) is 13.3.